The molecule has 0 aromatic heterocycles. The SMILES string of the molecule is Cc1ccccc1N(C)c1ccc(CCN)c(Br)c1. The number of aryl methyl sites for hydroxylation is 1. The zero-order chi connectivity index (χ0) is 13.8. The zero-order valence-corrected chi connectivity index (χ0v) is 12.9. The first-order valence-corrected chi connectivity index (χ1v) is 7.20. The molecule has 0 saturated heterocycles. The van der Waals surface area contributed by atoms with Crippen molar-refractivity contribution in [3.05, 3.63) is 58.1 Å². The van der Waals surface area contributed by atoms with Gasteiger partial charge in [0.2, 0.25) is 0 Å². The Balaban J connectivity index is 2.32. The molecule has 0 aliphatic carbocycles. The lowest BCUT2D eigenvalue weighted by molar-refractivity contribution is 0.962. The molecule has 0 saturated carbocycles. The van der Waals surface area contributed by atoms with Gasteiger partial charge in [0.05, 0.1) is 0 Å². The minimum atomic E-state index is 0.672. The second-order valence-electron chi connectivity index (χ2n) is 4.66. The van der Waals surface area contributed by atoms with E-state index in [1.54, 1.807) is 0 Å². The average Bonchev–Trinajstić information content (AvgIpc) is 2.41. The quantitative estimate of drug-likeness (QED) is 0.922. The van der Waals surface area contributed by atoms with Crippen LogP contribution in [0.15, 0.2) is 46.9 Å². The van der Waals surface area contributed by atoms with E-state index >= 15 is 0 Å². The summed E-state index contributed by atoms with van der Waals surface area (Å²) in [5.41, 5.74) is 10.5. The molecule has 0 heterocycles. The first-order chi connectivity index (χ1) is 9.13. The monoisotopic (exact) mass is 318 g/mol. The molecular weight excluding hydrogens is 300 g/mol. The molecule has 0 spiro atoms. The summed E-state index contributed by atoms with van der Waals surface area (Å²) in [5, 5.41) is 0. The molecule has 0 unspecified atom stereocenters. The van der Waals surface area contributed by atoms with Crippen LogP contribution in [0.1, 0.15) is 11.1 Å². The van der Waals surface area contributed by atoms with Crippen LogP contribution < -0.4 is 10.6 Å². The van der Waals surface area contributed by atoms with Crippen molar-refractivity contribution in [1.82, 2.24) is 0 Å². The van der Waals surface area contributed by atoms with Gasteiger partial charge in [-0.15, -0.1) is 0 Å². The third-order valence-electron chi connectivity index (χ3n) is 3.31. The van der Waals surface area contributed by atoms with Crippen LogP contribution in [0.3, 0.4) is 0 Å². The average molecular weight is 319 g/mol. The Hall–Kier alpha value is -1.32. The first-order valence-electron chi connectivity index (χ1n) is 6.41. The number of para-hydroxylation sites is 1. The van der Waals surface area contributed by atoms with Crippen molar-refractivity contribution < 1.29 is 0 Å². The van der Waals surface area contributed by atoms with Gasteiger partial charge in [0.1, 0.15) is 0 Å². The predicted molar refractivity (Wildman–Crippen MR) is 86.1 cm³/mol. The molecule has 0 bridgehead atoms. The van der Waals surface area contributed by atoms with Gasteiger partial charge in [0, 0.05) is 22.9 Å². The number of hydrogen-bond donors (Lipinski definition) is 1. The summed E-state index contributed by atoms with van der Waals surface area (Å²) < 4.78 is 1.12. The molecule has 0 atom stereocenters. The van der Waals surface area contributed by atoms with Crippen LogP contribution >= 0.6 is 15.9 Å². The van der Waals surface area contributed by atoms with Gasteiger partial charge in [0.25, 0.3) is 0 Å². The Bertz CT molecular complexity index is 566. The summed E-state index contributed by atoms with van der Waals surface area (Å²) >= 11 is 3.63. The van der Waals surface area contributed by atoms with Crippen molar-refractivity contribution in [2.45, 2.75) is 13.3 Å². The number of nitrogens with two attached hydrogens (primary N) is 1. The number of halogens is 1. The molecule has 2 aromatic carbocycles. The smallest absolute Gasteiger partial charge is 0.0437 e. The van der Waals surface area contributed by atoms with Crippen molar-refractivity contribution in [2.75, 3.05) is 18.5 Å². The normalized spacial score (nSPS) is 10.5. The summed E-state index contributed by atoms with van der Waals surface area (Å²) in [4.78, 5) is 2.20. The van der Waals surface area contributed by atoms with Gasteiger partial charge >= 0.3 is 0 Å². The van der Waals surface area contributed by atoms with Crippen molar-refractivity contribution in [2.24, 2.45) is 5.73 Å². The molecule has 3 heteroatoms. The molecular formula is C16H19BrN2. The van der Waals surface area contributed by atoms with E-state index in [2.05, 4.69) is 77.3 Å². The third kappa shape index (κ3) is 3.17. The lowest BCUT2D eigenvalue weighted by Crippen LogP contribution is -2.11. The van der Waals surface area contributed by atoms with Gasteiger partial charge in [-0.1, -0.05) is 40.2 Å². The molecule has 0 radical (unpaired) electrons. The van der Waals surface area contributed by atoms with E-state index in [0.717, 1.165) is 10.9 Å². The van der Waals surface area contributed by atoms with E-state index in [1.165, 1.54) is 22.5 Å². The largest absolute Gasteiger partial charge is 0.344 e. The number of hydrogen-bond acceptors (Lipinski definition) is 2. The Morgan fingerprint density at radius 3 is 2.53 bits per heavy atom. The molecule has 0 amide bonds. The summed E-state index contributed by atoms with van der Waals surface area (Å²) in [6.45, 7) is 2.80. The first kappa shape index (κ1) is 14.1. The maximum absolute atomic E-state index is 5.61. The van der Waals surface area contributed by atoms with Crippen LogP contribution in [-0.2, 0) is 6.42 Å². The van der Waals surface area contributed by atoms with Gasteiger partial charge in [-0.2, -0.15) is 0 Å². The third-order valence-corrected chi connectivity index (χ3v) is 4.05. The number of rotatable bonds is 4. The molecule has 2 N–H and O–H groups in total. The maximum Gasteiger partial charge on any atom is 0.0437 e. The number of nitrogens with zero attached hydrogens (tertiary/aromatic N) is 1. The number of benzene rings is 2. The predicted octanol–water partition coefficient (Wildman–Crippen LogP) is 4.03. The van der Waals surface area contributed by atoms with E-state index in [0.29, 0.717) is 6.54 Å². The van der Waals surface area contributed by atoms with Gasteiger partial charge < -0.3 is 10.6 Å². The van der Waals surface area contributed by atoms with E-state index < -0.39 is 0 Å². The Morgan fingerprint density at radius 1 is 1.16 bits per heavy atom. The lowest BCUT2D eigenvalue weighted by Gasteiger charge is -2.22. The second kappa shape index (κ2) is 6.22. The highest BCUT2D eigenvalue weighted by atomic mass is 79.9. The minimum Gasteiger partial charge on any atom is -0.344 e. The fourth-order valence-electron chi connectivity index (χ4n) is 2.18. The van der Waals surface area contributed by atoms with Gasteiger partial charge in [0.15, 0.2) is 0 Å². The molecule has 2 aromatic rings. The van der Waals surface area contributed by atoms with Crippen LogP contribution in [0.4, 0.5) is 11.4 Å². The summed E-state index contributed by atoms with van der Waals surface area (Å²) in [6, 6.07) is 14.8. The standard InChI is InChI=1S/C16H19BrN2/c1-12-5-3-4-6-16(12)19(2)14-8-7-13(9-10-18)15(17)11-14/h3-8,11H,9-10,18H2,1-2H3. The lowest BCUT2D eigenvalue weighted by atomic mass is 10.1. The zero-order valence-electron chi connectivity index (χ0n) is 11.4. The Kier molecular flexibility index (Phi) is 4.61. The van der Waals surface area contributed by atoms with Crippen LogP contribution in [0.5, 0.6) is 0 Å². The van der Waals surface area contributed by atoms with Crippen LogP contribution in [0.2, 0.25) is 0 Å². The molecule has 100 valence electrons. The van der Waals surface area contributed by atoms with E-state index in [1.807, 2.05) is 0 Å². The fraction of sp³-hybridized carbons (Fsp3) is 0.250. The van der Waals surface area contributed by atoms with Crippen LogP contribution in [0, 0.1) is 6.92 Å². The van der Waals surface area contributed by atoms with E-state index in [4.69, 9.17) is 5.73 Å². The summed E-state index contributed by atoms with van der Waals surface area (Å²) in [5.74, 6) is 0. The number of anilines is 2. The van der Waals surface area contributed by atoms with Crippen molar-refractivity contribution in [3.8, 4) is 0 Å². The Labute approximate surface area is 123 Å². The van der Waals surface area contributed by atoms with Crippen molar-refractivity contribution in [1.29, 1.82) is 0 Å². The molecule has 0 aliphatic rings. The van der Waals surface area contributed by atoms with Crippen LogP contribution in [-0.4, -0.2) is 13.6 Å². The van der Waals surface area contributed by atoms with E-state index in [9.17, 15) is 0 Å². The van der Waals surface area contributed by atoms with Crippen molar-refractivity contribution in [3.63, 3.8) is 0 Å². The van der Waals surface area contributed by atoms with Crippen LogP contribution in [0.25, 0.3) is 0 Å². The molecule has 19 heavy (non-hydrogen) atoms. The van der Waals surface area contributed by atoms with Gasteiger partial charge in [-0.05, 0) is 49.2 Å². The van der Waals surface area contributed by atoms with Gasteiger partial charge in [-0.3, -0.25) is 0 Å². The van der Waals surface area contributed by atoms with Crippen molar-refractivity contribution >= 4 is 27.3 Å². The topological polar surface area (TPSA) is 29.3 Å². The highest BCUT2D eigenvalue weighted by molar-refractivity contribution is 9.10. The van der Waals surface area contributed by atoms with E-state index in [-0.39, 0.29) is 0 Å². The highest BCUT2D eigenvalue weighted by Crippen LogP contribution is 2.30. The summed E-state index contributed by atoms with van der Waals surface area (Å²) in [7, 11) is 2.09. The molecule has 2 nitrogen and oxygen atoms in total. The maximum atomic E-state index is 5.61. The fourth-order valence-corrected chi connectivity index (χ4v) is 2.75. The Morgan fingerprint density at radius 2 is 1.89 bits per heavy atom. The van der Waals surface area contributed by atoms with Gasteiger partial charge in [-0.25, -0.2) is 0 Å². The minimum absolute atomic E-state index is 0.672. The molecule has 0 aliphatic heterocycles. The second-order valence-corrected chi connectivity index (χ2v) is 5.51. The highest BCUT2D eigenvalue weighted by Gasteiger charge is 2.08. The summed E-state index contributed by atoms with van der Waals surface area (Å²) in [6.07, 6.45) is 0.898. The molecule has 2 rings (SSSR count). The molecule has 0 fully saturated rings.